The van der Waals surface area contributed by atoms with Crippen LogP contribution in [-0.4, -0.2) is 45.6 Å². The van der Waals surface area contributed by atoms with Crippen molar-refractivity contribution in [3.05, 3.63) is 57.7 Å². The van der Waals surface area contributed by atoms with Gasteiger partial charge in [0, 0.05) is 31.8 Å². The van der Waals surface area contributed by atoms with E-state index in [4.69, 9.17) is 11.6 Å². The minimum atomic E-state index is -2.70. The molecule has 0 aromatic carbocycles. The molecule has 0 radical (unpaired) electrons. The Morgan fingerprint density at radius 1 is 1.30 bits per heavy atom. The summed E-state index contributed by atoms with van der Waals surface area (Å²) in [6.07, 6.45) is 4.03. The molecule has 3 rings (SSSR count). The highest BCUT2D eigenvalue weighted by atomic mass is 19.3. The van der Waals surface area contributed by atoms with Gasteiger partial charge >= 0.3 is 0 Å². The largest absolute Gasteiger partial charge is 0.395 e. The third-order valence-electron chi connectivity index (χ3n) is 5.79. The van der Waals surface area contributed by atoms with Gasteiger partial charge in [-0.05, 0) is 31.4 Å². The lowest BCUT2D eigenvalue weighted by molar-refractivity contribution is -0.0117. The molecule has 0 spiro atoms. The molecule has 3 heterocycles. The van der Waals surface area contributed by atoms with Crippen molar-refractivity contribution >= 4 is 11.4 Å². The molecule has 0 bridgehead atoms. The molecule has 10 heteroatoms. The highest BCUT2D eigenvalue weighted by Gasteiger charge is 2.36. The van der Waals surface area contributed by atoms with Gasteiger partial charge in [-0.3, -0.25) is 9.36 Å². The highest BCUT2D eigenvalue weighted by Crippen LogP contribution is 2.32. The van der Waals surface area contributed by atoms with Crippen molar-refractivity contribution in [2.24, 2.45) is 11.6 Å². The standard InChI is InChI=1S/C23H33F2N7O/c1-4-7-16-12-21(33)32(15-28-16)13-20(30(3)27)22(26)18-8-9-19(17(5-2)29-18)31-11-6-10-23(24,25)14-31/h8-9,12,15H,4-7,10-11,13-14,26-27H2,1-3H3/b22-20-. The summed E-state index contributed by atoms with van der Waals surface area (Å²) in [5.41, 5.74) is 9.67. The lowest BCUT2D eigenvalue weighted by Gasteiger charge is -2.35. The number of hydrazine groups is 1. The van der Waals surface area contributed by atoms with Crippen LogP contribution < -0.4 is 22.0 Å². The molecule has 2 aromatic heterocycles. The van der Waals surface area contributed by atoms with Gasteiger partial charge in [0.25, 0.3) is 11.5 Å². The van der Waals surface area contributed by atoms with Gasteiger partial charge in [-0.2, -0.15) is 0 Å². The van der Waals surface area contributed by atoms with Gasteiger partial charge in [-0.15, -0.1) is 0 Å². The average Bonchev–Trinajstić information content (AvgIpc) is 2.77. The van der Waals surface area contributed by atoms with E-state index >= 15 is 0 Å². The third-order valence-corrected chi connectivity index (χ3v) is 5.79. The fourth-order valence-electron chi connectivity index (χ4n) is 4.03. The van der Waals surface area contributed by atoms with Gasteiger partial charge in [0.2, 0.25) is 0 Å². The maximum absolute atomic E-state index is 13.9. The van der Waals surface area contributed by atoms with Gasteiger partial charge in [-0.25, -0.2) is 24.6 Å². The number of nitrogens with zero attached hydrogens (tertiary/aromatic N) is 5. The van der Waals surface area contributed by atoms with Crippen LogP contribution in [-0.2, 0) is 19.4 Å². The Bertz CT molecular complexity index is 1070. The first kappa shape index (κ1) is 24.6. The van der Waals surface area contributed by atoms with Gasteiger partial charge in [-0.1, -0.05) is 20.3 Å². The molecule has 180 valence electrons. The quantitative estimate of drug-likeness (QED) is 0.460. The van der Waals surface area contributed by atoms with Crippen molar-refractivity contribution in [3.8, 4) is 0 Å². The smallest absolute Gasteiger partial charge is 0.265 e. The topological polar surface area (TPSA) is 106 Å². The molecular formula is C23H33F2N7O. The van der Waals surface area contributed by atoms with E-state index in [-0.39, 0.29) is 25.1 Å². The number of aryl methyl sites for hydroxylation is 2. The van der Waals surface area contributed by atoms with E-state index in [1.54, 1.807) is 24.1 Å². The first-order valence-electron chi connectivity index (χ1n) is 11.3. The normalized spacial score (nSPS) is 16.5. The minimum Gasteiger partial charge on any atom is -0.395 e. The van der Waals surface area contributed by atoms with E-state index in [9.17, 15) is 13.6 Å². The van der Waals surface area contributed by atoms with Crippen molar-refractivity contribution < 1.29 is 8.78 Å². The van der Waals surface area contributed by atoms with Crippen molar-refractivity contribution in [1.29, 1.82) is 0 Å². The summed E-state index contributed by atoms with van der Waals surface area (Å²) in [4.78, 5) is 23.2. The molecule has 0 unspecified atom stereocenters. The maximum atomic E-state index is 13.9. The monoisotopic (exact) mass is 461 g/mol. The summed E-state index contributed by atoms with van der Waals surface area (Å²) in [5, 5.41) is 1.36. The zero-order chi connectivity index (χ0) is 24.2. The van der Waals surface area contributed by atoms with Crippen LogP contribution in [0.3, 0.4) is 0 Å². The summed E-state index contributed by atoms with van der Waals surface area (Å²) in [6, 6.07) is 5.02. The molecule has 1 aliphatic rings. The second-order valence-corrected chi connectivity index (χ2v) is 8.46. The number of nitrogens with two attached hydrogens (primary N) is 2. The lowest BCUT2D eigenvalue weighted by atomic mass is 10.1. The molecule has 0 amide bonds. The predicted molar refractivity (Wildman–Crippen MR) is 126 cm³/mol. The van der Waals surface area contributed by atoms with Gasteiger partial charge in [0.1, 0.15) is 0 Å². The summed E-state index contributed by atoms with van der Waals surface area (Å²) in [7, 11) is 1.64. The molecular weight excluding hydrogens is 428 g/mol. The van der Waals surface area contributed by atoms with E-state index in [1.165, 1.54) is 22.0 Å². The van der Waals surface area contributed by atoms with Gasteiger partial charge < -0.3 is 15.6 Å². The number of aromatic nitrogens is 3. The second-order valence-electron chi connectivity index (χ2n) is 8.46. The number of hydrogen-bond donors (Lipinski definition) is 2. The number of halogens is 2. The molecule has 4 N–H and O–H groups in total. The van der Waals surface area contributed by atoms with Crippen molar-refractivity contribution in [2.45, 2.75) is 58.4 Å². The Morgan fingerprint density at radius 3 is 2.67 bits per heavy atom. The fourth-order valence-corrected chi connectivity index (χ4v) is 4.03. The number of likely N-dealkylation sites (N-methyl/N-ethyl adjacent to an activating group) is 1. The van der Waals surface area contributed by atoms with E-state index in [0.29, 0.717) is 47.9 Å². The molecule has 1 fully saturated rings. The summed E-state index contributed by atoms with van der Waals surface area (Å²) in [6.45, 7) is 4.33. The predicted octanol–water partition coefficient (Wildman–Crippen LogP) is 2.52. The van der Waals surface area contributed by atoms with Crippen LogP contribution in [0.25, 0.3) is 5.70 Å². The minimum absolute atomic E-state index is 0.0913. The number of piperidine rings is 1. The molecule has 0 saturated carbocycles. The molecule has 0 aliphatic carbocycles. The Labute approximate surface area is 192 Å². The number of anilines is 1. The van der Waals surface area contributed by atoms with Crippen LogP contribution in [0.15, 0.2) is 35.0 Å². The van der Waals surface area contributed by atoms with Crippen LogP contribution >= 0.6 is 0 Å². The van der Waals surface area contributed by atoms with E-state index in [1.807, 2.05) is 13.8 Å². The number of alkyl halides is 2. The Hall–Kier alpha value is -3.01. The summed E-state index contributed by atoms with van der Waals surface area (Å²) in [5.74, 6) is 3.33. The molecule has 1 aliphatic heterocycles. The Morgan fingerprint density at radius 2 is 2.06 bits per heavy atom. The van der Waals surface area contributed by atoms with Crippen molar-refractivity contribution in [2.75, 3.05) is 25.0 Å². The van der Waals surface area contributed by atoms with Gasteiger partial charge in [0.05, 0.1) is 47.9 Å². The molecule has 1 saturated heterocycles. The Kier molecular flexibility index (Phi) is 7.68. The zero-order valence-electron chi connectivity index (χ0n) is 19.5. The van der Waals surface area contributed by atoms with Crippen molar-refractivity contribution in [1.82, 2.24) is 19.5 Å². The molecule has 2 aromatic rings. The fraction of sp³-hybridized carbons (Fsp3) is 0.522. The molecule has 0 atom stereocenters. The number of rotatable bonds is 8. The van der Waals surface area contributed by atoms with E-state index < -0.39 is 5.92 Å². The van der Waals surface area contributed by atoms with Crippen LogP contribution in [0, 0.1) is 0 Å². The summed E-state index contributed by atoms with van der Waals surface area (Å²) < 4.78 is 29.3. The van der Waals surface area contributed by atoms with Crippen LogP contribution in [0.2, 0.25) is 0 Å². The lowest BCUT2D eigenvalue weighted by Crippen LogP contribution is -2.43. The van der Waals surface area contributed by atoms with E-state index in [2.05, 4.69) is 9.97 Å². The van der Waals surface area contributed by atoms with Crippen LogP contribution in [0.5, 0.6) is 0 Å². The molecule has 33 heavy (non-hydrogen) atoms. The van der Waals surface area contributed by atoms with E-state index in [0.717, 1.165) is 18.5 Å². The van der Waals surface area contributed by atoms with Crippen molar-refractivity contribution in [3.63, 3.8) is 0 Å². The number of hydrogen-bond acceptors (Lipinski definition) is 7. The summed E-state index contributed by atoms with van der Waals surface area (Å²) >= 11 is 0. The molecule has 8 nitrogen and oxygen atoms in total. The van der Waals surface area contributed by atoms with Crippen LogP contribution in [0.4, 0.5) is 14.5 Å². The number of allylic oxidation sites excluding steroid dienone is 1. The third kappa shape index (κ3) is 5.87. The zero-order valence-corrected chi connectivity index (χ0v) is 19.5. The maximum Gasteiger partial charge on any atom is 0.265 e. The number of pyridine rings is 1. The van der Waals surface area contributed by atoms with Crippen LogP contribution in [0.1, 0.15) is 50.2 Å². The average molecular weight is 462 g/mol. The first-order valence-corrected chi connectivity index (χ1v) is 11.3. The van der Waals surface area contributed by atoms with Gasteiger partial charge in [0.15, 0.2) is 0 Å². The first-order chi connectivity index (χ1) is 15.6. The Balaban J connectivity index is 1.93. The highest BCUT2D eigenvalue weighted by molar-refractivity contribution is 5.65. The SMILES string of the molecule is CCCc1cc(=O)n(C/C(=C(/N)c2ccc(N3CCCC(F)(F)C3)c(CC)n2)N(C)N)cn1. The second kappa shape index (κ2) is 10.3.